The number of rotatable bonds is 7. The number of anilines is 3. The standard InChI is InChI=1S/C60H39NO/c1-2-12-40(13-3-1)41-24-26-42(27-25-41)43-28-33-48(34-29-43)61(49-35-30-45(31-36-49)51-19-10-20-52-50-17-7-6-14-44(50)32-37-53(51)52)57-22-9-8-18-54(57)55-21-11-23-58-60(55)56-38-46-15-4-5-16-47(46)39-59(56)62-58/h1-39H. The zero-order chi connectivity index (χ0) is 41.0. The third kappa shape index (κ3) is 6.12. The number of nitrogens with zero attached hydrogens (tertiary/aromatic N) is 1. The Labute approximate surface area is 360 Å². The molecule has 0 radical (unpaired) electrons. The molecule has 1 aromatic heterocycles. The molecule has 0 atom stereocenters. The molecule has 11 aromatic carbocycles. The van der Waals surface area contributed by atoms with E-state index in [-0.39, 0.29) is 0 Å². The summed E-state index contributed by atoms with van der Waals surface area (Å²) in [5.41, 5.74) is 14.4. The number of furan rings is 1. The predicted octanol–water partition coefficient (Wildman–Crippen LogP) is 17.2. The van der Waals surface area contributed by atoms with Crippen molar-refractivity contribution >= 4 is 71.3 Å². The normalized spacial score (nSPS) is 11.5. The monoisotopic (exact) mass is 789 g/mol. The van der Waals surface area contributed by atoms with Crippen LogP contribution in [0.2, 0.25) is 0 Å². The van der Waals surface area contributed by atoms with Gasteiger partial charge in [-0.2, -0.15) is 0 Å². The second kappa shape index (κ2) is 14.8. The molecule has 0 N–H and O–H groups in total. The van der Waals surface area contributed by atoms with E-state index < -0.39 is 0 Å². The minimum atomic E-state index is 0.879. The molecule has 1 heterocycles. The molecule has 12 rings (SSSR count). The molecule has 0 bridgehead atoms. The van der Waals surface area contributed by atoms with Gasteiger partial charge in [0.05, 0.1) is 5.69 Å². The van der Waals surface area contributed by atoms with Crippen LogP contribution in [0.3, 0.4) is 0 Å². The fourth-order valence-corrected chi connectivity index (χ4v) is 9.43. The molecule has 2 nitrogen and oxygen atoms in total. The lowest BCUT2D eigenvalue weighted by Crippen LogP contribution is -2.11. The van der Waals surface area contributed by atoms with E-state index in [9.17, 15) is 0 Å². The molecular formula is C60H39NO. The molecule has 0 spiro atoms. The third-order valence-corrected chi connectivity index (χ3v) is 12.5. The fourth-order valence-electron chi connectivity index (χ4n) is 9.43. The number of para-hydroxylation sites is 1. The molecule has 12 aromatic rings. The number of benzene rings is 11. The Balaban J connectivity index is 0.998. The summed E-state index contributed by atoms with van der Waals surface area (Å²) in [4.78, 5) is 2.40. The maximum absolute atomic E-state index is 6.58. The van der Waals surface area contributed by atoms with Gasteiger partial charge in [0.15, 0.2) is 0 Å². The van der Waals surface area contributed by atoms with Crippen LogP contribution in [-0.4, -0.2) is 0 Å². The highest BCUT2D eigenvalue weighted by atomic mass is 16.3. The van der Waals surface area contributed by atoms with E-state index in [0.29, 0.717) is 0 Å². The first-order valence-corrected chi connectivity index (χ1v) is 21.2. The number of hydrogen-bond donors (Lipinski definition) is 0. The van der Waals surface area contributed by atoms with Gasteiger partial charge in [-0.05, 0) is 120 Å². The average Bonchev–Trinajstić information content (AvgIpc) is 3.71. The third-order valence-electron chi connectivity index (χ3n) is 12.5. The van der Waals surface area contributed by atoms with Crippen LogP contribution in [0.1, 0.15) is 0 Å². The Kier molecular flexibility index (Phi) is 8.53. The SMILES string of the molecule is c1ccc(-c2ccc(-c3ccc(N(c4ccc(-c5cccc6c5ccc5ccccc56)cc4)c4ccccc4-c4cccc5oc6cc7ccccc7cc6c45)cc3)cc2)cc1. The maximum atomic E-state index is 6.58. The summed E-state index contributed by atoms with van der Waals surface area (Å²) in [6.45, 7) is 0. The van der Waals surface area contributed by atoms with Crippen LogP contribution in [0.15, 0.2) is 241 Å². The van der Waals surface area contributed by atoms with Crippen LogP contribution < -0.4 is 4.90 Å². The van der Waals surface area contributed by atoms with Crippen molar-refractivity contribution in [1.82, 2.24) is 0 Å². The molecule has 2 heteroatoms. The summed E-state index contributed by atoms with van der Waals surface area (Å²) in [6.07, 6.45) is 0. The first-order chi connectivity index (χ1) is 30.7. The molecule has 0 aliphatic carbocycles. The van der Waals surface area contributed by atoms with E-state index in [2.05, 4.69) is 241 Å². The largest absolute Gasteiger partial charge is 0.456 e. The summed E-state index contributed by atoms with van der Waals surface area (Å²) in [7, 11) is 0. The first-order valence-electron chi connectivity index (χ1n) is 21.2. The summed E-state index contributed by atoms with van der Waals surface area (Å²) in [5, 5.41) is 9.65. The summed E-state index contributed by atoms with van der Waals surface area (Å²) in [6, 6.07) is 85.4. The van der Waals surface area contributed by atoms with Gasteiger partial charge in [0.25, 0.3) is 0 Å². The van der Waals surface area contributed by atoms with Crippen molar-refractivity contribution in [2.24, 2.45) is 0 Å². The van der Waals surface area contributed by atoms with Crippen LogP contribution in [0.25, 0.3) is 98.8 Å². The summed E-state index contributed by atoms with van der Waals surface area (Å²) in [5.74, 6) is 0. The summed E-state index contributed by atoms with van der Waals surface area (Å²) < 4.78 is 6.58. The van der Waals surface area contributed by atoms with E-state index in [1.54, 1.807) is 0 Å². The van der Waals surface area contributed by atoms with Crippen LogP contribution in [-0.2, 0) is 0 Å². The Bertz CT molecular complexity index is 3600. The minimum Gasteiger partial charge on any atom is -0.456 e. The van der Waals surface area contributed by atoms with Crippen LogP contribution >= 0.6 is 0 Å². The highest BCUT2D eigenvalue weighted by Crippen LogP contribution is 2.46. The van der Waals surface area contributed by atoms with Crippen LogP contribution in [0, 0.1) is 0 Å². The van der Waals surface area contributed by atoms with Crippen molar-refractivity contribution in [3.63, 3.8) is 0 Å². The minimum absolute atomic E-state index is 0.879. The Hall–Kier alpha value is -8.20. The van der Waals surface area contributed by atoms with Crippen molar-refractivity contribution in [3.8, 4) is 44.5 Å². The van der Waals surface area contributed by atoms with E-state index in [1.807, 2.05) is 0 Å². The van der Waals surface area contributed by atoms with Crippen LogP contribution in [0.4, 0.5) is 17.1 Å². The average molecular weight is 790 g/mol. The fraction of sp³-hybridized carbons (Fsp3) is 0. The highest BCUT2D eigenvalue weighted by Gasteiger charge is 2.21. The van der Waals surface area contributed by atoms with Gasteiger partial charge in [0, 0.05) is 27.7 Å². The zero-order valence-electron chi connectivity index (χ0n) is 33.9. The molecule has 0 fully saturated rings. The first kappa shape index (κ1) is 35.7. The van der Waals surface area contributed by atoms with Crippen molar-refractivity contribution in [1.29, 1.82) is 0 Å². The molecule has 0 unspecified atom stereocenters. The lowest BCUT2D eigenvalue weighted by molar-refractivity contribution is 0.669. The van der Waals surface area contributed by atoms with Gasteiger partial charge in [0.1, 0.15) is 11.2 Å². The van der Waals surface area contributed by atoms with Gasteiger partial charge in [-0.3, -0.25) is 0 Å². The second-order valence-electron chi connectivity index (χ2n) is 16.1. The van der Waals surface area contributed by atoms with Gasteiger partial charge in [-0.15, -0.1) is 0 Å². The Morgan fingerprint density at radius 2 is 0.806 bits per heavy atom. The second-order valence-corrected chi connectivity index (χ2v) is 16.1. The molecule has 0 amide bonds. The van der Waals surface area contributed by atoms with Gasteiger partial charge < -0.3 is 9.32 Å². The van der Waals surface area contributed by atoms with E-state index in [1.165, 1.54) is 65.7 Å². The van der Waals surface area contributed by atoms with Crippen molar-refractivity contribution in [2.75, 3.05) is 4.90 Å². The molecule has 0 saturated heterocycles. The highest BCUT2D eigenvalue weighted by molar-refractivity contribution is 6.17. The molecule has 0 aliphatic rings. The van der Waals surface area contributed by atoms with Crippen molar-refractivity contribution in [3.05, 3.63) is 237 Å². The van der Waals surface area contributed by atoms with Crippen molar-refractivity contribution < 1.29 is 4.42 Å². The van der Waals surface area contributed by atoms with Crippen LogP contribution in [0.5, 0.6) is 0 Å². The Morgan fingerprint density at radius 3 is 1.55 bits per heavy atom. The summed E-state index contributed by atoms with van der Waals surface area (Å²) >= 11 is 0. The number of hydrogen-bond acceptors (Lipinski definition) is 2. The topological polar surface area (TPSA) is 16.4 Å². The molecular weight excluding hydrogens is 751 g/mol. The lowest BCUT2D eigenvalue weighted by atomic mass is 9.94. The van der Waals surface area contributed by atoms with Crippen molar-refractivity contribution in [2.45, 2.75) is 0 Å². The molecule has 0 saturated carbocycles. The quantitative estimate of drug-likeness (QED) is 0.150. The van der Waals surface area contributed by atoms with Gasteiger partial charge >= 0.3 is 0 Å². The van der Waals surface area contributed by atoms with E-state index >= 15 is 0 Å². The number of fused-ring (bicyclic) bond motifs is 7. The van der Waals surface area contributed by atoms with E-state index in [4.69, 9.17) is 4.42 Å². The lowest BCUT2D eigenvalue weighted by Gasteiger charge is -2.28. The Morgan fingerprint density at radius 1 is 0.274 bits per heavy atom. The molecule has 62 heavy (non-hydrogen) atoms. The van der Waals surface area contributed by atoms with Gasteiger partial charge in [-0.1, -0.05) is 188 Å². The molecule has 290 valence electrons. The van der Waals surface area contributed by atoms with E-state index in [0.717, 1.165) is 50.1 Å². The molecule has 0 aliphatic heterocycles. The zero-order valence-corrected chi connectivity index (χ0v) is 33.9. The predicted molar refractivity (Wildman–Crippen MR) is 263 cm³/mol. The maximum Gasteiger partial charge on any atom is 0.136 e. The smallest absolute Gasteiger partial charge is 0.136 e. The van der Waals surface area contributed by atoms with Gasteiger partial charge in [-0.25, -0.2) is 0 Å². The van der Waals surface area contributed by atoms with Gasteiger partial charge in [0.2, 0.25) is 0 Å².